The van der Waals surface area contributed by atoms with E-state index in [1.165, 1.54) is 12.1 Å². The number of benzene rings is 2. The van der Waals surface area contributed by atoms with Crippen LogP contribution in [-0.4, -0.2) is 36.6 Å². The number of pyridine rings is 1. The Morgan fingerprint density at radius 3 is 2.76 bits per heavy atom. The van der Waals surface area contributed by atoms with Crippen LogP contribution in [0.3, 0.4) is 0 Å². The van der Waals surface area contributed by atoms with Crippen molar-refractivity contribution < 1.29 is 18.3 Å². The lowest BCUT2D eigenvalue weighted by Gasteiger charge is -2.22. The first-order chi connectivity index (χ1) is 14.0. The zero-order chi connectivity index (χ0) is 20.4. The molecule has 2 N–H and O–H groups in total. The molecule has 1 aliphatic heterocycles. The van der Waals surface area contributed by atoms with E-state index in [0.717, 1.165) is 0 Å². The average Bonchev–Trinajstić information content (AvgIpc) is 3.15. The van der Waals surface area contributed by atoms with E-state index in [4.69, 9.17) is 0 Å². The van der Waals surface area contributed by atoms with Gasteiger partial charge >= 0.3 is 6.61 Å². The van der Waals surface area contributed by atoms with Gasteiger partial charge in [0.05, 0.1) is 11.3 Å². The van der Waals surface area contributed by atoms with Crippen molar-refractivity contribution >= 4 is 22.5 Å². The summed E-state index contributed by atoms with van der Waals surface area (Å²) in [5.41, 5.74) is 1.12. The number of hydrogen-bond donors (Lipinski definition) is 2. The van der Waals surface area contributed by atoms with Gasteiger partial charge in [0.2, 0.25) is 5.56 Å². The van der Waals surface area contributed by atoms with E-state index >= 15 is 0 Å². The first-order valence-electron chi connectivity index (χ1n) is 9.23. The zero-order valence-corrected chi connectivity index (χ0v) is 15.4. The molecule has 1 saturated heterocycles. The molecule has 0 aliphatic carbocycles. The summed E-state index contributed by atoms with van der Waals surface area (Å²) in [4.78, 5) is 29.3. The summed E-state index contributed by atoms with van der Waals surface area (Å²) in [6.45, 7) is -1.86. The average molecular weight is 399 g/mol. The van der Waals surface area contributed by atoms with Crippen LogP contribution in [0.1, 0.15) is 16.8 Å². The van der Waals surface area contributed by atoms with Gasteiger partial charge in [-0.3, -0.25) is 9.59 Å². The Balaban J connectivity index is 1.50. The molecule has 1 aromatic heterocycles. The lowest BCUT2D eigenvalue weighted by atomic mass is 10.1. The Morgan fingerprint density at radius 1 is 1.17 bits per heavy atom. The monoisotopic (exact) mass is 399 g/mol. The number of aromatic amines is 1. The first kappa shape index (κ1) is 18.9. The smallest absolute Gasteiger partial charge is 0.387 e. The molecular formula is C21H19F2N3O3. The van der Waals surface area contributed by atoms with Crippen molar-refractivity contribution in [2.24, 2.45) is 0 Å². The Labute approximate surface area is 165 Å². The number of aromatic nitrogens is 1. The molecular weight excluding hydrogens is 380 g/mol. The lowest BCUT2D eigenvalue weighted by Crippen LogP contribution is -2.37. The van der Waals surface area contributed by atoms with E-state index in [1.807, 2.05) is 4.90 Å². The topological polar surface area (TPSA) is 74.4 Å². The Kier molecular flexibility index (Phi) is 5.16. The number of para-hydroxylation sites is 3. The first-order valence-corrected chi connectivity index (χ1v) is 9.23. The molecule has 3 aromatic rings. The standard InChI is InChI=1S/C21H19F2N3O3/c22-21(23)29-18-8-4-3-7-17(18)26-10-9-13(12-26)24-20(28)15-11-19(27)25-16-6-2-1-5-14(15)16/h1-8,11,13,21H,9-10,12H2,(H,24,28)(H,25,27). The van der Waals surface area contributed by atoms with E-state index in [0.29, 0.717) is 41.7 Å². The van der Waals surface area contributed by atoms with Crippen LogP contribution in [0.5, 0.6) is 5.75 Å². The Bertz CT molecular complexity index is 1100. The van der Waals surface area contributed by atoms with E-state index in [-0.39, 0.29) is 23.3 Å². The minimum absolute atomic E-state index is 0.107. The number of alkyl halides is 2. The van der Waals surface area contributed by atoms with E-state index in [2.05, 4.69) is 15.0 Å². The van der Waals surface area contributed by atoms with Gasteiger partial charge in [-0.1, -0.05) is 30.3 Å². The summed E-state index contributed by atoms with van der Waals surface area (Å²) in [6, 6.07) is 14.8. The number of H-pyrrole nitrogens is 1. The highest BCUT2D eigenvalue weighted by Crippen LogP contribution is 2.31. The maximum absolute atomic E-state index is 12.8. The highest BCUT2D eigenvalue weighted by molar-refractivity contribution is 6.06. The van der Waals surface area contributed by atoms with Gasteiger partial charge in [0.25, 0.3) is 5.91 Å². The van der Waals surface area contributed by atoms with Crippen molar-refractivity contribution in [3.63, 3.8) is 0 Å². The second-order valence-corrected chi connectivity index (χ2v) is 6.84. The molecule has 4 rings (SSSR count). The summed E-state index contributed by atoms with van der Waals surface area (Å²) >= 11 is 0. The lowest BCUT2D eigenvalue weighted by molar-refractivity contribution is -0.0495. The van der Waals surface area contributed by atoms with Gasteiger partial charge in [0, 0.05) is 36.1 Å². The predicted molar refractivity (Wildman–Crippen MR) is 106 cm³/mol. The fourth-order valence-electron chi connectivity index (χ4n) is 3.67. The molecule has 6 nitrogen and oxygen atoms in total. The molecule has 0 spiro atoms. The van der Waals surface area contributed by atoms with Crippen LogP contribution in [0.2, 0.25) is 0 Å². The maximum atomic E-state index is 12.8. The molecule has 150 valence electrons. The highest BCUT2D eigenvalue weighted by Gasteiger charge is 2.27. The van der Waals surface area contributed by atoms with Crippen LogP contribution >= 0.6 is 0 Å². The van der Waals surface area contributed by atoms with E-state index in [1.54, 1.807) is 42.5 Å². The van der Waals surface area contributed by atoms with Crippen molar-refractivity contribution in [2.75, 3.05) is 18.0 Å². The minimum Gasteiger partial charge on any atom is -0.433 e. The third-order valence-corrected chi connectivity index (χ3v) is 4.94. The number of rotatable bonds is 5. The normalized spacial score (nSPS) is 16.4. The molecule has 0 radical (unpaired) electrons. The molecule has 2 aromatic carbocycles. The van der Waals surface area contributed by atoms with E-state index in [9.17, 15) is 18.4 Å². The summed E-state index contributed by atoms with van der Waals surface area (Å²) in [7, 11) is 0. The molecule has 29 heavy (non-hydrogen) atoms. The van der Waals surface area contributed by atoms with Crippen LogP contribution in [-0.2, 0) is 0 Å². The number of hydrogen-bond acceptors (Lipinski definition) is 4. The fraction of sp³-hybridized carbons (Fsp3) is 0.238. The van der Waals surface area contributed by atoms with Gasteiger partial charge in [-0.15, -0.1) is 0 Å². The van der Waals surface area contributed by atoms with Crippen LogP contribution in [0.25, 0.3) is 10.9 Å². The number of fused-ring (bicyclic) bond motifs is 1. The summed E-state index contributed by atoms with van der Waals surface area (Å²) in [6.07, 6.45) is 0.649. The third-order valence-electron chi connectivity index (χ3n) is 4.94. The SMILES string of the molecule is O=C(NC1CCN(c2ccccc2OC(F)F)C1)c1cc(=O)[nH]c2ccccc12. The molecule has 1 unspecified atom stereocenters. The second-order valence-electron chi connectivity index (χ2n) is 6.84. The molecule has 1 amide bonds. The number of nitrogens with one attached hydrogen (secondary N) is 2. The number of carbonyl (C=O) groups is 1. The van der Waals surface area contributed by atoms with Gasteiger partial charge in [0.1, 0.15) is 5.75 Å². The highest BCUT2D eigenvalue weighted by atomic mass is 19.3. The third kappa shape index (κ3) is 4.06. The van der Waals surface area contributed by atoms with Crippen LogP contribution in [0.15, 0.2) is 59.4 Å². The number of halogens is 2. The molecule has 0 saturated carbocycles. The maximum Gasteiger partial charge on any atom is 0.387 e. The zero-order valence-electron chi connectivity index (χ0n) is 15.4. The molecule has 1 fully saturated rings. The van der Waals surface area contributed by atoms with Crippen molar-refractivity contribution in [3.8, 4) is 5.75 Å². The number of ether oxygens (including phenoxy) is 1. The molecule has 0 bridgehead atoms. The second kappa shape index (κ2) is 7.90. The van der Waals surface area contributed by atoms with Gasteiger partial charge < -0.3 is 19.9 Å². The Morgan fingerprint density at radius 2 is 1.93 bits per heavy atom. The number of carbonyl (C=O) groups excluding carboxylic acids is 1. The Hall–Kier alpha value is -3.42. The van der Waals surface area contributed by atoms with Crippen molar-refractivity contribution in [2.45, 2.75) is 19.1 Å². The van der Waals surface area contributed by atoms with Crippen molar-refractivity contribution in [1.29, 1.82) is 0 Å². The van der Waals surface area contributed by atoms with Crippen molar-refractivity contribution in [1.82, 2.24) is 10.3 Å². The van der Waals surface area contributed by atoms with Gasteiger partial charge in [-0.25, -0.2) is 0 Å². The number of anilines is 1. The minimum atomic E-state index is -2.90. The molecule has 1 aliphatic rings. The van der Waals surface area contributed by atoms with Crippen LogP contribution in [0.4, 0.5) is 14.5 Å². The fourth-order valence-corrected chi connectivity index (χ4v) is 3.67. The molecule has 8 heteroatoms. The largest absolute Gasteiger partial charge is 0.433 e. The number of nitrogens with zero attached hydrogens (tertiary/aromatic N) is 1. The van der Waals surface area contributed by atoms with Gasteiger partial charge in [-0.2, -0.15) is 8.78 Å². The molecule has 1 atom stereocenters. The van der Waals surface area contributed by atoms with Gasteiger partial charge in [0.15, 0.2) is 0 Å². The van der Waals surface area contributed by atoms with Crippen molar-refractivity contribution in [3.05, 3.63) is 70.5 Å². The van der Waals surface area contributed by atoms with Gasteiger partial charge in [-0.05, 0) is 24.6 Å². The predicted octanol–water partition coefficient (Wildman–Crippen LogP) is 3.14. The molecule has 2 heterocycles. The summed E-state index contributed by atoms with van der Waals surface area (Å²) in [5.74, 6) is -0.230. The quantitative estimate of drug-likeness (QED) is 0.691. The van der Waals surface area contributed by atoms with E-state index < -0.39 is 6.61 Å². The van der Waals surface area contributed by atoms with Crippen LogP contribution in [0, 0.1) is 0 Å². The summed E-state index contributed by atoms with van der Waals surface area (Å²) < 4.78 is 29.9. The van der Waals surface area contributed by atoms with Crippen LogP contribution < -0.4 is 20.5 Å². The summed E-state index contributed by atoms with van der Waals surface area (Å²) in [5, 5.41) is 3.61. The number of amides is 1.